The van der Waals surface area contributed by atoms with Crippen LogP contribution in [0.15, 0.2) is 30.3 Å². The molecule has 1 amide bonds. The van der Waals surface area contributed by atoms with Gasteiger partial charge in [0.1, 0.15) is 0 Å². The number of carbonyl (C=O) groups excluding carboxylic acids is 1. The lowest BCUT2D eigenvalue weighted by molar-refractivity contribution is -0.133. The van der Waals surface area contributed by atoms with Gasteiger partial charge in [0.2, 0.25) is 5.91 Å². The molecule has 0 aliphatic carbocycles. The van der Waals surface area contributed by atoms with Gasteiger partial charge < -0.3 is 4.90 Å². The number of nitrogens with zero attached hydrogens (tertiary/aromatic N) is 2. The summed E-state index contributed by atoms with van der Waals surface area (Å²) in [6.07, 6.45) is 8.12. The maximum absolute atomic E-state index is 12.7. The van der Waals surface area contributed by atoms with Gasteiger partial charge in [0.15, 0.2) is 0 Å². The minimum Gasteiger partial charge on any atom is -0.343 e. The highest BCUT2D eigenvalue weighted by molar-refractivity contribution is 5.77. The summed E-state index contributed by atoms with van der Waals surface area (Å²) in [6, 6.07) is 10.9. The third-order valence-electron chi connectivity index (χ3n) is 5.09. The van der Waals surface area contributed by atoms with Gasteiger partial charge in [0.05, 0.1) is 0 Å². The summed E-state index contributed by atoms with van der Waals surface area (Å²) in [7, 11) is 0. The van der Waals surface area contributed by atoms with Crippen LogP contribution in [0.4, 0.5) is 0 Å². The lowest BCUT2D eigenvalue weighted by Crippen LogP contribution is -2.40. The van der Waals surface area contributed by atoms with Crippen molar-refractivity contribution in [2.75, 3.05) is 26.2 Å². The first-order valence-corrected chi connectivity index (χ1v) is 8.91. The Bertz CT molecular complexity index is 462. The monoisotopic (exact) mass is 300 g/mol. The van der Waals surface area contributed by atoms with Crippen LogP contribution in [0.2, 0.25) is 0 Å². The van der Waals surface area contributed by atoms with E-state index in [-0.39, 0.29) is 6.04 Å². The normalized spacial score (nSPS) is 21.5. The SMILES string of the molecule is O=C(CC(c1ccccc1)N1CCCCC1)N1CCCCC1. The summed E-state index contributed by atoms with van der Waals surface area (Å²) in [5.41, 5.74) is 1.30. The highest BCUT2D eigenvalue weighted by Gasteiger charge is 2.27. The van der Waals surface area contributed by atoms with Crippen LogP contribution in [0.1, 0.15) is 56.6 Å². The topological polar surface area (TPSA) is 23.6 Å². The fourth-order valence-corrected chi connectivity index (χ4v) is 3.80. The first-order chi connectivity index (χ1) is 10.8. The number of benzene rings is 1. The van der Waals surface area contributed by atoms with Gasteiger partial charge in [-0.15, -0.1) is 0 Å². The van der Waals surface area contributed by atoms with Crippen LogP contribution in [0.25, 0.3) is 0 Å². The van der Waals surface area contributed by atoms with Crippen LogP contribution < -0.4 is 0 Å². The van der Waals surface area contributed by atoms with Crippen LogP contribution in [-0.2, 0) is 4.79 Å². The van der Waals surface area contributed by atoms with E-state index in [0.29, 0.717) is 12.3 Å². The van der Waals surface area contributed by atoms with Crippen LogP contribution in [0.5, 0.6) is 0 Å². The largest absolute Gasteiger partial charge is 0.343 e. The Hall–Kier alpha value is -1.35. The van der Waals surface area contributed by atoms with Gasteiger partial charge in [0.25, 0.3) is 0 Å². The van der Waals surface area contributed by atoms with Gasteiger partial charge in [-0.25, -0.2) is 0 Å². The molecule has 2 fully saturated rings. The second kappa shape index (κ2) is 7.77. The fourth-order valence-electron chi connectivity index (χ4n) is 3.80. The van der Waals surface area contributed by atoms with Crippen molar-refractivity contribution in [1.82, 2.24) is 9.80 Å². The van der Waals surface area contributed by atoms with Crippen LogP contribution in [0.3, 0.4) is 0 Å². The van der Waals surface area contributed by atoms with Crippen molar-refractivity contribution in [3.05, 3.63) is 35.9 Å². The Morgan fingerprint density at radius 2 is 1.45 bits per heavy atom. The van der Waals surface area contributed by atoms with E-state index in [1.54, 1.807) is 0 Å². The van der Waals surface area contributed by atoms with E-state index >= 15 is 0 Å². The van der Waals surface area contributed by atoms with Crippen molar-refractivity contribution in [3.8, 4) is 0 Å². The molecule has 2 aliphatic rings. The van der Waals surface area contributed by atoms with E-state index < -0.39 is 0 Å². The number of hydrogen-bond donors (Lipinski definition) is 0. The number of amides is 1. The molecule has 0 bridgehead atoms. The zero-order chi connectivity index (χ0) is 15.2. The van der Waals surface area contributed by atoms with Crippen LogP contribution >= 0.6 is 0 Å². The molecule has 120 valence electrons. The van der Waals surface area contributed by atoms with Crippen molar-refractivity contribution >= 4 is 5.91 Å². The highest BCUT2D eigenvalue weighted by atomic mass is 16.2. The van der Waals surface area contributed by atoms with Gasteiger partial charge in [-0.2, -0.15) is 0 Å². The molecule has 1 aromatic rings. The first kappa shape index (κ1) is 15.5. The molecule has 3 rings (SSSR count). The summed E-state index contributed by atoms with van der Waals surface area (Å²) in [4.78, 5) is 17.3. The summed E-state index contributed by atoms with van der Waals surface area (Å²) >= 11 is 0. The zero-order valence-electron chi connectivity index (χ0n) is 13.5. The predicted molar refractivity (Wildman–Crippen MR) is 89.7 cm³/mol. The van der Waals surface area contributed by atoms with E-state index in [2.05, 4.69) is 40.1 Å². The van der Waals surface area contributed by atoms with Gasteiger partial charge in [-0.05, 0) is 50.8 Å². The Balaban J connectivity index is 1.71. The highest BCUT2D eigenvalue weighted by Crippen LogP contribution is 2.28. The molecular formula is C19H28N2O. The van der Waals surface area contributed by atoms with Crippen molar-refractivity contribution in [2.24, 2.45) is 0 Å². The van der Waals surface area contributed by atoms with E-state index in [0.717, 1.165) is 26.2 Å². The van der Waals surface area contributed by atoms with Gasteiger partial charge in [-0.3, -0.25) is 9.69 Å². The fraction of sp³-hybridized carbons (Fsp3) is 0.632. The molecule has 1 unspecified atom stereocenters. The van der Waals surface area contributed by atoms with Gasteiger partial charge >= 0.3 is 0 Å². The Morgan fingerprint density at radius 3 is 2.09 bits per heavy atom. The molecule has 1 aromatic carbocycles. The molecule has 0 spiro atoms. The van der Waals surface area contributed by atoms with Crippen LogP contribution in [0, 0.1) is 0 Å². The van der Waals surface area contributed by atoms with Crippen molar-refractivity contribution in [3.63, 3.8) is 0 Å². The molecule has 0 N–H and O–H groups in total. The molecule has 22 heavy (non-hydrogen) atoms. The maximum Gasteiger partial charge on any atom is 0.224 e. The van der Waals surface area contributed by atoms with Crippen molar-refractivity contribution in [2.45, 2.75) is 51.0 Å². The molecule has 2 saturated heterocycles. The smallest absolute Gasteiger partial charge is 0.224 e. The Labute approximate surface area is 134 Å². The number of rotatable bonds is 4. The summed E-state index contributed by atoms with van der Waals surface area (Å²) in [6.45, 7) is 4.18. The van der Waals surface area contributed by atoms with E-state index in [9.17, 15) is 4.79 Å². The minimum atomic E-state index is 0.260. The molecule has 2 heterocycles. The number of piperidine rings is 2. The second-order valence-corrected chi connectivity index (χ2v) is 6.67. The average molecular weight is 300 g/mol. The second-order valence-electron chi connectivity index (χ2n) is 6.67. The van der Waals surface area contributed by atoms with E-state index in [1.807, 2.05) is 0 Å². The Morgan fingerprint density at radius 1 is 0.864 bits per heavy atom. The molecule has 1 atom stereocenters. The lowest BCUT2D eigenvalue weighted by Gasteiger charge is -2.36. The van der Waals surface area contributed by atoms with Crippen molar-refractivity contribution in [1.29, 1.82) is 0 Å². The minimum absolute atomic E-state index is 0.260. The predicted octanol–water partition coefficient (Wildman–Crippen LogP) is 3.62. The number of likely N-dealkylation sites (tertiary alicyclic amines) is 2. The van der Waals surface area contributed by atoms with Crippen molar-refractivity contribution < 1.29 is 4.79 Å². The molecule has 3 nitrogen and oxygen atoms in total. The molecule has 0 radical (unpaired) electrons. The quantitative estimate of drug-likeness (QED) is 0.848. The lowest BCUT2D eigenvalue weighted by atomic mass is 9.98. The van der Waals surface area contributed by atoms with E-state index in [4.69, 9.17) is 0 Å². The molecular weight excluding hydrogens is 272 g/mol. The number of hydrogen-bond acceptors (Lipinski definition) is 2. The number of carbonyl (C=O) groups is 1. The van der Waals surface area contributed by atoms with Gasteiger partial charge in [0, 0.05) is 25.6 Å². The third kappa shape index (κ3) is 3.89. The van der Waals surface area contributed by atoms with Gasteiger partial charge in [-0.1, -0.05) is 36.8 Å². The third-order valence-corrected chi connectivity index (χ3v) is 5.09. The average Bonchev–Trinajstić information content (AvgIpc) is 2.62. The summed E-state index contributed by atoms with van der Waals surface area (Å²) in [5.74, 6) is 0.346. The molecule has 3 heteroatoms. The molecule has 0 saturated carbocycles. The van der Waals surface area contributed by atoms with E-state index in [1.165, 1.54) is 44.1 Å². The summed E-state index contributed by atoms with van der Waals surface area (Å²) in [5, 5.41) is 0. The molecule has 2 aliphatic heterocycles. The Kier molecular flexibility index (Phi) is 5.49. The summed E-state index contributed by atoms with van der Waals surface area (Å²) < 4.78 is 0. The van der Waals surface area contributed by atoms with Crippen LogP contribution in [-0.4, -0.2) is 41.9 Å². The first-order valence-electron chi connectivity index (χ1n) is 8.91. The zero-order valence-corrected chi connectivity index (χ0v) is 13.5. The standard InChI is InChI=1S/C19H28N2O/c22-19(21-14-8-3-9-15-21)16-18(17-10-4-1-5-11-17)20-12-6-2-7-13-20/h1,4-5,10-11,18H,2-3,6-9,12-16H2. The maximum atomic E-state index is 12.7. The molecule has 0 aromatic heterocycles.